The van der Waals surface area contributed by atoms with Crippen molar-refractivity contribution in [1.82, 2.24) is 14.6 Å². The molecule has 2 N–H and O–H groups in total. The molecule has 0 amide bonds. The number of aromatic nitrogens is 3. The van der Waals surface area contributed by atoms with E-state index in [9.17, 15) is 13.2 Å². The first-order valence-corrected chi connectivity index (χ1v) is 4.26. The van der Waals surface area contributed by atoms with E-state index in [0.717, 1.165) is 4.52 Å². The van der Waals surface area contributed by atoms with E-state index in [-0.39, 0.29) is 11.8 Å². The van der Waals surface area contributed by atoms with Crippen LogP contribution >= 0.6 is 0 Å². The lowest BCUT2D eigenvalue weighted by molar-refractivity contribution is -0.154. The molecule has 0 aromatic carbocycles. The van der Waals surface area contributed by atoms with Gasteiger partial charge in [-0.3, -0.25) is 0 Å². The third-order valence-corrected chi connectivity index (χ3v) is 1.73. The largest absolute Gasteiger partial charge is 0.468 e. The van der Waals surface area contributed by atoms with Gasteiger partial charge in [-0.25, -0.2) is 0 Å². The van der Waals surface area contributed by atoms with E-state index in [1.165, 1.54) is 12.1 Å². The van der Waals surface area contributed by atoms with Crippen LogP contribution in [0.2, 0.25) is 0 Å². The number of ether oxygens (including phenoxy) is 1. The van der Waals surface area contributed by atoms with Crippen molar-refractivity contribution >= 4 is 11.6 Å². The lowest BCUT2D eigenvalue weighted by atomic mass is 10.5. The summed E-state index contributed by atoms with van der Waals surface area (Å²) in [5.41, 5.74) is 5.65. The number of alkyl halides is 3. The van der Waals surface area contributed by atoms with Crippen molar-refractivity contribution in [3.8, 4) is 5.88 Å². The molecule has 0 aliphatic rings. The molecule has 16 heavy (non-hydrogen) atoms. The third kappa shape index (κ3) is 2.15. The Morgan fingerprint density at radius 2 is 2.12 bits per heavy atom. The van der Waals surface area contributed by atoms with Gasteiger partial charge in [-0.15, -0.1) is 5.10 Å². The molecule has 2 rings (SSSR count). The monoisotopic (exact) mass is 232 g/mol. The summed E-state index contributed by atoms with van der Waals surface area (Å²) >= 11 is 0. The first kappa shape index (κ1) is 10.5. The van der Waals surface area contributed by atoms with E-state index < -0.39 is 12.8 Å². The number of halogens is 3. The quantitative estimate of drug-likeness (QED) is 0.846. The van der Waals surface area contributed by atoms with Gasteiger partial charge in [0.2, 0.25) is 11.8 Å². The van der Waals surface area contributed by atoms with Crippen molar-refractivity contribution in [2.24, 2.45) is 0 Å². The summed E-state index contributed by atoms with van der Waals surface area (Å²) in [6.45, 7) is -1.38. The van der Waals surface area contributed by atoms with Gasteiger partial charge in [0, 0.05) is 6.07 Å². The minimum atomic E-state index is -4.39. The average molecular weight is 232 g/mol. The Balaban J connectivity index is 2.30. The molecule has 5 nitrogen and oxygen atoms in total. The highest BCUT2D eigenvalue weighted by atomic mass is 19.4. The van der Waals surface area contributed by atoms with Gasteiger partial charge in [-0.05, 0) is 6.07 Å². The first-order valence-electron chi connectivity index (χ1n) is 4.26. The van der Waals surface area contributed by atoms with Crippen LogP contribution in [-0.2, 0) is 0 Å². The van der Waals surface area contributed by atoms with Crippen LogP contribution in [0.1, 0.15) is 0 Å². The topological polar surface area (TPSA) is 65.4 Å². The molecule has 0 saturated carbocycles. The van der Waals surface area contributed by atoms with Crippen LogP contribution in [0.3, 0.4) is 0 Å². The number of hydrogen-bond acceptors (Lipinski definition) is 4. The van der Waals surface area contributed by atoms with Gasteiger partial charge >= 0.3 is 6.18 Å². The molecule has 0 spiro atoms. The molecule has 2 aromatic rings. The number of anilines is 1. The molecule has 0 saturated heterocycles. The summed E-state index contributed by atoms with van der Waals surface area (Å²) in [6.07, 6.45) is -4.39. The summed E-state index contributed by atoms with van der Waals surface area (Å²) in [5.74, 6) is -0.0814. The number of nitrogens with zero attached hydrogens (tertiary/aromatic N) is 3. The maximum absolute atomic E-state index is 12.0. The maximum Gasteiger partial charge on any atom is 0.422 e. The second-order valence-electron chi connectivity index (χ2n) is 3.01. The van der Waals surface area contributed by atoms with E-state index in [2.05, 4.69) is 14.8 Å². The molecule has 0 bridgehead atoms. The molecule has 86 valence electrons. The smallest absolute Gasteiger partial charge is 0.422 e. The number of nitrogen functional groups attached to an aromatic ring is 1. The van der Waals surface area contributed by atoms with E-state index in [1.54, 1.807) is 6.07 Å². The van der Waals surface area contributed by atoms with Crippen molar-refractivity contribution in [1.29, 1.82) is 0 Å². The van der Waals surface area contributed by atoms with Crippen LogP contribution in [0, 0.1) is 0 Å². The van der Waals surface area contributed by atoms with Gasteiger partial charge in [0.15, 0.2) is 12.3 Å². The Labute approximate surface area is 87.6 Å². The third-order valence-electron chi connectivity index (χ3n) is 1.73. The molecule has 0 unspecified atom stereocenters. The lowest BCUT2D eigenvalue weighted by Crippen LogP contribution is -2.20. The molecule has 2 heterocycles. The molecule has 2 aromatic heterocycles. The zero-order chi connectivity index (χ0) is 11.8. The number of nitrogens with two attached hydrogens (primary N) is 1. The standard InChI is InChI=1S/C8H7F3N4O/c9-8(10,11)4-16-6-3-1-2-5-13-7(12)14-15(5)6/h1-3H,4H2,(H2,12,14). The van der Waals surface area contributed by atoms with Crippen LogP contribution in [0.25, 0.3) is 5.65 Å². The summed E-state index contributed by atoms with van der Waals surface area (Å²) < 4.78 is 41.5. The highest BCUT2D eigenvalue weighted by Gasteiger charge is 2.28. The van der Waals surface area contributed by atoms with Crippen molar-refractivity contribution < 1.29 is 17.9 Å². The van der Waals surface area contributed by atoms with Gasteiger partial charge < -0.3 is 10.5 Å². The Kier molecular flexibility index (Phi) is 2.33. The van der Waals surface area contributed by atoms with Crippen molar-refractivity contribution in [2.75, 3.05) is 12.3 Å². The second kappa shape index (κ2) is 3.54. The number of hydrogen-bond donors (Lipinski definition) is 1. The number of pyridine rings is 1. The Morgan fingerprint density at radius 1 is 1.38 bits per heavy atom. The molecule has 0 aliphatic heterocycles. The highest BCUT2D eigenvalue weighted by molar-refractivity contribution is 5.44. The van der Waals surface area contributed by atoms with Gasteiger partial charge in [0.25, 0.3) is 0 Å². The fraction of sp³-hybridized carbons (Fsp3) is 0.250. The average Bonchev–Trinajstić information content (AvgIpc) is 2.54. The van der Waals surface area contributed by atoms with E-state index >= 15 is 0 Å². The predicted molar refractivity (Wildman–Crippen MR) is 48.9 cm³/mol. The van der Waals surface area contributed by atoms with E-state index in [4.69, 9.17) is 5.73 Å². The normalized spacial score (nSPS) is 11.9. The first-order chi connectivity index (χ1) is 7.46. The van der Waals surface area contributed by atoms with Crippen LogP contribution in [0.5, 0.6) is 5.88 Å². The van der Waals surface area contributed by atoms with Gasteiger partial charge in [-0.2, -0.15) is 22.7 Å². The molecule has 0 aliphatic carbocycles. The lowest BCUT2D eigenvalue weighted by Gasteiger charge is -2.09. The summed E-state index contributed by atoms with van der Waals surface area (Å²) in [6, 6.07) is 4.42. The van der Waals surface area contributed by atoms with Crippen LogP contribution in [-0.4, -0.2) is 27.4 Å². The van der Waals surface area contributed by atoms with E-state index in [0.29, 0.717) is 5.65 Å². The summed E-state index contributed by atoms with van der Waals surface area (Å²) in [5, 5.41) is 3.70. The number of fused-ring (bicyclic) bond motifs is 1. The van der Waals surface area contributed by atoms with Gasteiger partial charge in [0.05, 0.1) is 0 Å². The van der Waals surface area contributed by atoms with Crippen molar-refractivity contribution in [3.63, 3.8) is 0 Å². The molecule has 0 fully saturated rings. The zero-order valence-corrected chi connectivity index (χ0v) is 7.90. The minimum Gasteiger partial charge on any atom is -0.468 e. The summed E-state index contributed by atoms with van der Waals surface area (Å²) in [4.78, 5) is 3.79. The summed E-state index contributed by atoms with van der Waals surface area (Å²) in [7, 11) is 0. The zero-order valence-electron chi connectivity index (χ0n) is 7.90. The SMILES string of the molecule is Nc1nc2cccc(OCC(F)(F)F)n2n1. The van der Waals surface area contributed by atoms with Crippen LogP contribution < -0.4 is 10.5 Å². The highest BCUT2D eigenvalue weighted by Crippen LogP contribution is 2.19. The Morgan fingerprint density at radius 3 is 2.81 bits per heavy atom. The maximum atomic E-state index is 12.0. The van der Waals surface area contributed by atoms with Crippen molar-refractivity contribution in [2.45, 2.75) is 6.18 Å². The van der Waals surface area contributed by atoms with Gasteiger partial charge in [0.1, 0.15) is 0 Å². The number of rotatable bonds is 2. The van der Waals surface area contributed by atoms with Crippen LogP contribution in [0.4, 0.5) is 19.1 Å². The molecule has 0 radical (unpaired) electrons. The van der Waals surface area contributed by atoms with Gasteiger partial charge in [-0.1, -0.05) is 6.07 Å². The fourth-order valence-electron chi connectivity index (χ4n) is 1.16. The Hall–Kier alpha value is -1.99. The van der Waals surface area contributed by atoms with Crippen LogP contribution in [0.15, 0.2) is 18.2 Å². The molecule has 0 atom stereocenters. The van der Waals surface area contributed by atoms with E-state index in [1.807, 2.05) is 0 Å². The second-order valence-corrected chi connectivity index (χ2v) is 3.01. The minimum absolute atomic E-state index is 0.0249. The molecule has 8 heteroatoms. The fourth-order valence-corrected chi connectivity index (χ4v) is 1.16. The Bertz CT molecular complexity index is 507. The predicted octanol–water partition coefficient (Wildman–Crippen LogP) is 1.25. The molecular formula is C8H7F3N4O. The molecular weight excluding hydrogens is 225 g/mol. The van der Waals surface area contributed by atoms with Crippen molar-refractivity contribution in [3.05, 3.63) is 18.2 Å².